The van der Waals surface area contributed by atoms with Gasteiger partial charge in [-0.05, 0) is 25.7 Å². The molecule has 1 unspecified atom stereocenters. The van der Waals surface area contributed by atoms with Gasteiger partial charge in [0.15, 0.2) is 0 Å². The van der Waals surface area contributed by atoms with Crippen LogP contribution in [0.4, 0.5) is 0 Å². The zero-order valence-corrected chi connectivity index (χ0v) is 10.8. The van der Waals surface area contributed by atoms with E-state index in [-0.39, 0.29) is 11.8 Å². The SMILES string of the molecule is CC(CC(N)=S)N(C)S(=O)(=O)CC1CC1. The van der Waals surface area contributed by atoms with Crippen LogP contribution in [0.3, 0.4) is 0 Å². The van der Waals surface area contributed by atoms with E-state index in [2.05, 4.69) is 0 Å². The third-order valence-electron chi connectivity index (χ3n) is 2.70. The van der Waals surface area contributed by atoms with Crippen LogP contribution in [0.2, 0.25) is 0 Å². The number of hydrogen-bond donors (Lipinski definition) is 1. The molecule has 0 saturated heterocycles. The van der Waals surface area contributed by atoms with Crippen molar-refractivity contribution in [1.29, 1.82) is 0 Å². The molecule has 6 heteroatoms. The first-order valence-corrected chi connectivity index (χ1v) is 7.08. The average Bonchev–Trinajstić information content (AvgIpc) is 2.84. The fourth-order valence-corrected chi connectivity index (χ4v) is 3.42. The van der Waals surface area contributed by atoms with Gasteiger partial charge in [0, 0.05) is 19.5 Å². The van der Waals surface area contributed by atoms with Crippen molar-refractivity contribution in [2.75, 3.05) is 12.8 Å². The van der Waals surface area contributed by atoms with Gasteiger partial charge in [0.1, 0.15) is 0 Å². The number of hydrogen-bond acceptors (Lipinski definition) is 3. The van der Waals surface area contributed by atoms with E-state index in [9.17, 15) is 8.42 Å². The summed E-state index contributed by atoms with van der Waals surface area (Å²) in [5, 5.41) is 0. The molecule has 0 aromatic rings. The lowest BCUT2D eigenvalue weighted by atomic mass is 10.2. The Kier molecular flexibility index (Phi) is 4.08. The fraction of sp³-hybridized carbons (Fsp3) is 0.889. The third-order valence-corrected chi connectivity index (χ3v) is 5.00. The molecule has 0 spiro atoms. The monoisotopic (exact) mass is 250 g/mol. The van der Waals surface area contributed by atoms with Crippen molar-refractivity contribution < 1.29 is 8.42 Å². The maximum Gasteiger partial charge on any atom is 0.214 e. The maximum atomic E-state index is 11.8. The van der Waals surface area contributed by atoms with Crippen LogP contribution in [-0.2, 0) is 10.0 Å². The summed E-state index contributed by atoms with van der Waals surface area (Å²) in [6.07, 6.45) is 2.52. The van der Waals surface area contributed by atoms with Crippen molar-refractivity contribution in [2.45, 2.75) is 32.2 Å². The van der Waals surface area contributed by atoms with Crippen LogP contribution in [0, 0.1) is 5.92 Å². The number of sulfonamides is 1. The molecule has 0 radical (unpaired) electrons. The number of rotatable bonds is 6. The summed E-state index contributed by atoms with van der Waals surface area (Å²) in [6.45, 7) is 1.82. The largest absolute Gasteiger partial charge is 0.393 e. The van der Waals surface area contributed by atoms with Gasteiger partial charge in [-0.15, -0.1) is 0 Å². The molecular weight excluding hydrogens is 232 g/mol. The van der Waals surface area contributed by atoms with Gasteiger partial charge >= 0.3 is 0 Å². The first kappa shape index (κ1) is 12.9. The highest BCUT2D eigenvalue weighted by Gasteiger charge is 2.32. The highest BCUT2D eigenvalue weighted by atomic mass is 32.2. The van der Waals surface area contributed by atoms with Crippen LogP contribution in [-0.4, -0.2) is 36.6 Å². The highest BCUT2D eigenvalue weighted by Crippen LogP contribution is 2.31. The predicted molar refractivity (Wildman–Crippen MR) is 65.1 cm³/mol. The Bertz CT molecular complexity index is 336. The lowest BCUT2D eigenvalue weighted by Gasteiger charge is -2.23. The summed E-state index contributed by atoms with van der Waals surface area (Å²) in [6, 6.07) is -0.147. The zero-order chi connectivity index (χ0) is 11.6. The quantitative estimate of drug-likeness (QED) is 0.706. The summed E-state index contributed by atoms with van der Waals surface area (Å²) in [5.41, 5.74) is 5.40. The predicted octanol–water partition coefficient (Wildman–Crippen LogP) is 0.723. The van der Waals surface area contributed by atoms with Crippen LogP contribution in [0.5, 0.6) is 0 Å². The van der Waals surface area contributed by atoms with Gasteiger partial charge in [-0.1, -0.05) is 12.2 Å². The number of thiocarbonyl (C=S) groups is 1. The second kappa shape index (κ2) is 4.76. The molecule has 1 atom stereocenters. The first-order chi connectivity index (χ1) is 6.83. The molecule has 1 aliphatic carbocycles. The molecule has 0 aliphatic heterocycles. The Hall–Kier alpha value is -0.200. The van der Waals surface area contributed by atoms with Crippen molar-refractivity contribution in [2.24, 2.45) is 11.7 Å². The number of nitrogens with two attached hydrogens (primary N) is 1. The van der Waals surface area contributed by atoms with Crippen LogP contribution in [0.25, 0.3) is 0 Å². The molecule has 0 heterocycles. The molecule has 15 heavy (non-hydrogen) atoms. The summed E-state index contributed by atoms with van der Waals surface area (Å²) < 4.78 is 25.1. The normalized spacial score (nSPS) is 19.1. The third kappa shape index (κ3) is 4.04. The Balaban J connectivity index is 2.56. The lowest BCUT2D eigenvalue weighted by Crippen LogP contribution is -2.39. The van der Waals surface area contributed by atoms with Crippen LogP contribution >= 0.6 is 12.2 Å². The van der Waals surface area contributed by atoms with Gasteiger partial charge in [0.2, 0.25) is 10.0 Å². The Labute approximate surface area is 96.9 Å². The van der Waals surface area contributed by atoms with E-state index in [1.165, 1.54) is 4.31 Å². The molecular formula is C9H18N2O2S2. The minimum Gasteiger partial charge on any atom is -0.393 e. The lowest BCUT2D eigenvalue weighted by molar-refractivity contribution is 0.396. The van der Waals surface area contributed by atoms with Crippen LogP contribution in [0.15, 0.2) is 0 Å². The molecule has 1 rings (SSSR count). The van der Waals surface area contributed by atoms with E-state index < -0.39 is 10.0 Å². The Morgan fingerprint density at radius 2 is 2.13 bits per heavy atom. The molecule has 1 saturated carbocycles. The van der Waals surface area contributed by atoms with Crippen molar-refractivity contribution in [3.63, 3.8) is 0 Å². The van der Waals surface area contributed by atoms with Gasteiger partial charge in [-0.3, -0.25) is 0 Å². The average molecular weight is 250 g/mol. The zero-order valence-electron chi connectivity index (χ0n) is 9.14. The number of nitrogens with zero attached hydrogens (tertiary/aromatic N) is 1. The molecule has 1 fully saturated rings. The molecule has 0 amide bonds. The van der Waals surface area contributed by atoms with Gasteiger partial charge in [-0.25, -0.2) is 12.7 Å². The van der Waals surface area contributed by atoms with Crippen LogP contribution in [0.1, 0.15) is 26.2 Å². The second-order valence-corrected chi connectivity index (χ2v) is 6.86. The van der Waals surface area contributed by atoms with E-state index >= 15 is 0 Å². The molecule has 88 valence electrons. The van der Waals surface area contributed by atoms with Crippen molar-refractivity contribution in [3.8, 4) is 0 Å². The smallest absolute Gasteiger partial charge is 0.214 e. The van der Waals surface area contributed by atoms with E-state index in [4.69, 9.17) is 18.0 Å². The van der Waals surface area contributed by atoms with E-state index in [1.54, 1.807) is 7.05 Å². The Morgan fingerprint density at radius 1 is 1.60 bits per heavy atom. The molecule has 0 aromatic heterocycles. The Morgan fingerprint density at radius 3 is 2.53 bits per heavy atom. The molecule has 1 aliphatic rings. The molecule has 0 bridgehead atoms. The van der Waals surface area contributed by atoms with Crippen molar-refractivity contribution in [1.82, 2.24) is 4.31 Å². The molecule has 4 nitrogen and oxygen atoms in total. The van der Waals surface area contributed by atoms with E-state index in [0.717, 1.165) is 12.8 Å². The summed E-state index contributed by atoms with van der Waals surface area (Å²) in [5.74, 6) is 0.639. The van der Waals surface area contributed by atoms with Gasteiger partial charge in [0.05, 0.1) is 10.7 Å². The fourth-order valence-electron chi connectivity index (χ4n) is 1.39. The summed E-state index contributed by atoms with van der Waals surface area (Å²) in [4.78, 5) is 0.357. The molecule has 0 aromatic carbocycles. The topological polar surface area (TPSA) is 63.4 Å². The van der Waals surface area contributed by atoms with Crippen molar-refractivity contribution in [3.05, 3.63) is 0 Å². The standard InChI is InChI=1S/C9H18N2O2S2/c1-7(5-9(10)14)11(2)15(12,13)6-8-3-4-8/h7-8H,3-6H2,1-2H3,(H2,10,14). The van der Waals surface area contributed by atoms with Gasteiger partial charge in [-0.2, -0.15) is 0 Å². The van der Waals surface area contributed by atoms with E-state index in [0.29, 0.717) is 17.3 Å². The maximum absolute atomic E-state index is 11.8. The summed E-state index contributed by atoms with van der Waals surface area (Å²) in [7, 11) is -1.53. The minimum absolute atomic E-state index is 0.147. The van der Waals surface area contributed by atoms with Gasteiger partial charge in [0.25, 0.3) is 0 Å². The molecule has 2 N–H and O–H groups in total. The van der Waals surface area contributed by atoms with Crippen LogP contribution < -0.4 is 5.73 Å². The first-order valence-electron chi connectivity index (χ1n) is 5.07. The van der Waals surface area contributed by atoms with Gasteiger partial charge < -0.3 is 5.73 Å². The highest BCUT2D eigenvalue weighted by molar-refractivity contribution is 7.89. The van der Waals surface area contributed by atoms with E-state index in [1.807, 2.05) is 6.92 Å². The second-order valence-electron chi connectivity index (χ2n) is 4.26. The minimum atomic E-state index is -3.12. The summed E-state index contributed by atoms with van der Waals surface area (Å²) >= 11 is 4.77. The van der Waals surface area contributed by atoms with Crippen molar-refractivity contribution >= 4 is 27.2 Å².